The normalized spacial score (nSPS) is 9.75. The Morgan fingerprint density at radius 2 is 1.70 bits per heavy atom. The number of nitrogens with two attached hydrogens (primary N) is 1. The lowest BCUT2D eigenvalue weighted by Crippen LogP contribution is -1.97. The van der Waals surface area contributed by atoms with Crippen molar-refractivity contribution in [2.75, 3.05) is 14.2 Å². The van der Waals surface area contributed by atoms with Crippen molar-refractivity contribution >= 4 is 24.2 Å². The van der Waals surface area contributed by atoms with Gasteiger partial charge in [0.15, 0.2) is 11.5 Å². The molecule has 20 heavy (non-hydrogen) atoms. The maximum absolute atomic E-state index is 5.75. The number of hydrogen-bond acceptors (Lipinski definition) is 4. The first-order valence-electron chi connectivity index (χ1n) is 5.96. The molecule has 0 atom stereocenters. The quantitative estimate of drug-likeness (QED) is 0.913. The van der Waals surface area contributed by atoms with Crippen LogP contribution in [0.2, 0.25) is 0 Å². The average molecular weight is 312 g/mol. The van der Waals surface area contributed by atoms with Gasteiger partial charge in [-0.15, -0.1) is 12.4 Å². The second kappa shape index (κ2) is 8.04. The van der Waals surface area contributed by atoms with E-state index in [0.29, 0.717) is 6.54 Å². The molecule has 0 heterocycles. The van der Waals surface area contributed by atoms with Gasteiger partial charge in [0.05, 0.1) is 14.2 Å². The SMILES string of the molecule is COc1ccc(Sc2ccccc2CN)cc1OC.Cl. The molecule has 0 aromatic heterocycles. The molecule has 0 aliphatic heterocycles. The monoisotopic (exact) mass is 311 g/mol. The van der Waals surface area contributed by atoms with Gasteiger partial charge in [0.2, 0.25) is 0 Å². The topological polar surface area (TPSA) is 44.5 Å². The van der Waals surface area contributed by atoms with Crippen molar-refractivity contribution in [3.05, 3.63) is 48.0 Å². The van der Waals surface area contributed by atoms with Gasteiger partial charge in [-0.1, -0.05) is 30.0 Å². The maximum atomic E-state index is 5.75. The van der Waals surface area contributed by atoms with Crippen molar-refractivity contribution < 1.29 is 9.47 Å². The lowest BCUT2D eigenvalue weighted by atomic mass is 10.2. The Morgan fingerprint density at radius 3 is 2.35 bits per heavy atom. The summed E-state index contributed by atoms with van der Waals surface area (Å²) in [5, 5.41) is 0. The molecule has 0 aliphatic rings. The van der Waals surface area contributed by atoms with Crippen LogP contribution in [-0.2, 0) is 6.54 Å². The van der Waals surface area contributed by atoms with Crippen LogP contribution in [0.25, 0.3) is 0 Å². The molecule has 2 N–H and O–H groups in total. The fraction of sp³-hybridized carbons (Fsp3) is 0.200. The minimum Gasteiger partial charge on any atom is -0.493 e. The molecule has 0 fully saturated rings. The number of benzene rings is 2. The summed E-state index contributed by atoms with van der Waals surface area (Å²) in [5.41, 5.74) is 6.89. The molecular formula is C15H18ClNO2S. The Hall–Kier alpha value is -1.36. The van der Waals surface area contributed by atoms with E-state index >= 15 is 0 Å². The van der Waals surface area contributed by atoms with Crippen molar-refractivity contribution in [3.63, 3.8) is 0 Å². The van der Waals surface area contributed by atoms with Crippen LogP contribution in [-0.4, -0.2) is 14.2 Å². The van der Waals surface area contributed by atoms with E-state index in [1.807, 2.05) is 36.4 Å². The van der Waals surface area contributed by atoms with Gasteiger partial charge in [-0.05, 0) is 29.8 Å². The van der Waals surface area contributed by atoms with Crippen molar-refractivity contribution in [2.45, 2.75) is 16.3 Å². The highest BCUT2D eigenvalue weighted by atomic mass is 35.5. The van der Waals surface area contributed by atoms with E-state index in [-0.39, 0.29) is 12.4 Å². The lowest BCUT2D eigenvalue weighted by Gasteiger charge is -2.11. The Kier molecular flexibility index (Phi) is 6.71. The summed E-state index contributed by atoms with van der Waals surface area (Å²) in [7, 11) is 3.27. The summed E-state index contributed by atoms with van der Waals surface area (Å²) in [5.74, 6) is 1.47. The standard InChI is InChI=1S/C15H17NO2S.ClH/c1-17-13-8-7-12(9-14(13)18-2)19-15-6-4-3-5-11(15)10-16;/h3-9H,10,16H2,1-2H3;1H. The molecule has 0 saturated heterocycles. The lowest BCUT2D eigenvalue weighted by molar-refractivity contribution is 0.354. The first-order valence-corrected chi connectivity index (χ1v) is 6.78. The van der Waals surface area contributed by atoms with Crippen LogP contribution in [0.15, 0.2) is 52.3 Å². The van der Waals surface area contributed by atoms with Crippen LogP contribution < -0.4 is 15.2 Å². The molecule has 5 heteroatoms. The van der Waals surface area contributed by atoms with Gasteiger partial charge in [-0.2, -0.15) is 0 Å². The van der Waals surface area contributed by atoms with Crippen LogP contribution in [0.3, 0.4) is 0 Å². The van der Waals surface area contributed by atoms with Crippen molar-refractivity contribution in [3.8, 4) is 11.5 Å². The number of halogens is 1. The van der Waals surface area contributed by atoms with Gasteiger partial charge in [0, 0.05) is 16.3 Å². The second-order valence-electron chi connectivity index (χ2n) is 3.93. The number of ether oxygens (including phenoxy) is 2. The Labute approximate surface area is 129 Å². The van der Waals surface area contributed by atoms with Gasteiger partial charge in [-0.3, -0.25) is 0 Å². The molecule has 0 spiro atoms. The third kappa shape index (κ3) is 3.82. The molecule has 0 aliphatic carbocycles. The molecule has 3 nitrogen and oxygen atoms in total. The van der Waals surface area contributed by atoms with Crippen LogP contribution >= 0.6 is 24.2 Å². The molecule has 0 radical (unpaired) electrons. The molecule has 0 unspecified atom stereocenters. The molecule has 0 bridgehead atoms. The zero-order valence-corrected chi connectivity index (χ0v) is 13.1. The molecule has 2 aromatic rings. The Balaban J connectivity index is 0.00000200. The third-order valence-corrected chi connectivity index (χ3v) is 3.88. The maximum Gasteiger partial charge on any atom is 0.161 e. The molecule has 0 amide bonds. The van der Waals surface area contributed by atoms with Crippen molar-refractivity contribution in [1.29, 1.82) is 0 Å². The van der Waals surface area contributed by atoms with Crippen LogP contribution in [0.1, 0.15) is 5.56 Å². The zero-order chi connectivity index (χ0) is 13.7. The highest BCUT2D eigenvalue weighted by molar-refractivity contribution is 7.99. The molecule has 108 valence electrons. The minimum atomic E-state index is 0. The van der Waals surface area contributed by atoms with Crippen molar-refractivity contribution in [2.24, 2.45) is 5.73 Å². The average Bonchev–Trinajstić information content (AvgIpc) is 2.47. The largest absolute Gasteiger partial charge is 0.493 e. The summed E-state index contributed by atoms with van der Waals surface area (Å²) in [4.78, 5) is 2.26. The smallest absolute Gasteiger partial charge is 0.161 e. The zero-order valence-electron chi connectivity index (χ0n) is 11.5. The summed E-state index contributed by atoms with van der Waals surface area (Å²) in [6.07, 6.45) is 0. The molecular weight excluding hydrogens is 294 g/mol. The van der Waals surface area contributed by atoms with Gasteiger partial charge >= 0.3 is 0 Å². The van der Waals surface area contributed by atoms with E-state index in [0.717, 1.165) is 26.9 Å². The van der Waals surface area contributed by atoms with E-state index in [1.165, 1.54) is 0 Å². The van der Waals surface area contributed by atoms with Gasteiger partial charge < -0.3 is 15.2 Å². The summed E-state index contributed by atoms with van der Waals surface area (Å²) in [6, 6.07) is 14.0. The molecule has 2 aromatic carbocycles. The van der Waals surface area contributed by atoms with Crippen LogP contribution in [0, 0.1) is 0 Å². The van der Waals surface area contributed by atoms with E-state index < -0.39 is 0 Å². The number of hydrogen-bond donors (Lipinski definition) is 1. The van der Waals surface area contributed by atoms with Crippen LogP contribution in [0.4, 0.5) is 0 Å². The minimum absolute atomic E-state index is 0. The number of rotatable bonds is 5. The van der Waals surface area contributed by atoms with Gasteiger partial charge in [-0.25, -0.2) is 0 Å². The predicted molar refractivity (Wildman–Crippen MR) is 85.3 cm³/mol. The fourth-order valence-electron chi connectivity index (χ4n) is 1.78. The summed E-state index contributed by atoms with van der Waals surface area (Å²) in [6.45, 7) is 0.538. The molecule has 0 saturated carbocycles. The highest BCUT2D eigenvalue weighted by Crippen LogP contribution is 2.36. The first kappa shape index (κ1) is 16.7. The summed E-state index contributed by atoms with van der Waals surface area (Å²) < 4.78 is 10.5. The number of methoxy groups -OCH3 is 2. The van der Waals surface area contributed by atoms with E-state index in [1.54, 1.807) is 26.0 Å². The second-order valence-corrected chi connectivity index (χ2v) is 5.05. The van der Waals surface area contributed by atoms with E-state index in [4.69, 9.17) is 15.2 Å². The van der Waals surface area contributed by atoms with E-state index in [2.05, 4.69) is 6.07 Å². The van der Waals surface area contributed by atoms with E-state index in [9.17, 15) is 0 Å². The Bertz CT molecular complexity index is 563. The van der Waals surface area contributed by atoms with Crippen molar-refractivity contribution in [1.82, 2.24) is 0 Å². The first-order chi connectivity index (χ1) is 9.28. The Morgan fingerprint density at radius 1 is 1.00 bits per heavy atom. The molecule has 2 rings (SSSR count). The van der Waals surface area contributed by atoms with Gasteiger partial charge in [0.1, 0.15) is 0 Å². The third-order valence-electron chi connectivity index (χ3n) is 2.78. The summed E-state index contributed by atoms with van der Waals surface area (Å²) >= 11 is 1.67. The van der Waals surface area contributed by atoms with Gasteiger partial charge in [0.25, 0.3) is 0 Å². The highest BCUT2D eigenvalue weighted by Gasteiger charge is 2.07. The predicted octanol–water partition coefficient (Wildman–Crippen LogP) is 3.74. The van der Waals surface area contributed by atoms with Crippen LogP contribution in [0.5, 0.6) is 11.5 Å². The fourth-order valence-corrected chi connectivity index (χ4v) is 2.76.